The molecule has 1 aromatic heterocycles. The van der Waals surface area contributed by atoms with Crippen LogP contribution in [0.25, 0.3) is 10.9 Å². The first-order valence-corrected chi connectivity index (χ1v) is 9.44. The molecule has 3 rings (SSSR count). The number of para-hydroxylation sites is 1. The van der Waals surface area contributed by atoms with Crippen LogP contribution in [0.3, 0.4) is 0 Å². The highest BCUT2D eigenvalue weighted by Gasteiger charge is 2.30. The molecule has 2 aromatic carbocycles. The lowest BCUT2D eigenvalue weighted by Crippen LogP contribution is -2.24. The van der Waals surface area contributed by atoms with Gasteiger partial charge in [0, 0.05) is 5.39 Å². The van der Waals surface area contributed by atoms with Crippen LogP contribution in [0.5, 0.6) is 0 Å². The van der Waals surface area contributed by atoms with Crippen molar-refractivity contribution in [1.29, 1.82) is 0 Å². The Kier molecular flexibility index (Phi) is 4.65. The largest absolute Gasteiger partial charge is 0.460 e. The molecule has 0 bridgehead atoms. The summed E-state index contributed by atoms with van der Waals surface area (Å²) in [6.45, 7) is 3.44. The molecule has 0 saturated heterocycles. The second-order valence-corrected chi connectivity index (χ2v) is 7.51. The van der Waals surface area contributed by atoms with Crippen LogP contribution in [0.4, 0.5) is 0 Å². The molecule has 1 heterocycles. The van der Waals surface area contributed by atoms with Gasteiger partial charge in [-0.3, -0.25) is 4.79 Å². The van der Waals surface area contributed by atoms with Gasteiger partial charge in [0.15, 0.2) is 0 Å². The van der Waals surface area contributed by atoms with Crippen molar-refractivity contribution < 1.29 is 22.7 Å². The summed E-state index contributed by atoms with van der Waals surface area (Å²) >= 11 is 0. The van der Waals surface area contributed by atoms with Gasteiger partial charge in [-0.2, -0.15) is 0 Å². The van der Waals surface area contributed by atoms with Crippen molar-refractivity contribution in [2.75, 3.05) is 6.61 Å². The normalized spacial score (nSPS) is 11.5. The minimum Gasteiger partial charge on any atom is -0.460 e. The SMILES string of the molecule is CCOC(=O)C(=O)c1cc2ccccc2n1S(=O)(=O)c1ccc(C)cc1. The number of rotatable bonds is 5. The quantitative estimate of drug-likeness (QED) is 0.391. The molecule has 0 spiro atoms. The number of ether oxygens (including phenoxy) is 1. The third kappa shape index (κ3) is 3.01. The van der Waals surface area contributed by atoms with E-state index in [0.717, 1.165) is 9.54 Å². The van der Waals surface area contributed by atoms with E-state index in [0.29, 0.717) is 10.9 Å². The summed E-state index contributed by atoms with van der Waals surface area (Å²) in [4.78, 5) is 24.4. The number of esters is 1. The summed E-state index contributed by atoms with van der Waals surface area (Å²) in [5.74, 6) is -2.09. The number of hydrogen-bond donors (Lipinski definition) is 0. The van der Waals surface area contributed by atoms with Crippen LogP contribution in [-0.4, -0.2) is 30.7 Å². The van der Waals surface area contributed by atoms with Gasteiger partial charge in [-0.1, -0.05) is 35.9 Å². The van der Waals surface area contributed by atoms with E-state index in [9.17, 15) is 18.0 Å². The topological polar surface area (TPSA) is 82.4 Å². The number of carbonyl (C=O) groups is 2. The van der Waals surface area contributed by atoms with Gasteiger partial charge in [0.1, 0.15) is 5.69 Å². The van der Waals surface area contributed by atoms with Crippen molar-refractivity contribution in [1.82, 2.24) is 3.97 Å². The fraction of sp³-hybridized carbons (Fsp3) is 0.158. The van der Waals surface area contributed by atoms with Crippen molar-refractivity contribution in [2.24, 2.45) is 0 Å². The van der Waals surface area contributed by atoms with Crippen molar-refractivity contribution in [3.63, 3.8) is 0 Å². The van der Waals surface area contributed by atoms with Crippen LogP contribution in [0.1, 0.15) is 23.0 Å². The summed E-state index contributed by atoms with van der Waals surface area (Å²) in [6, 6.07) is 14.3. The Morgan fingerprint density at radius 2 is 1.69 bits per heavy atom. The standard InChI is InChI=1S/C19H17NO5S/c1-3-25-19(22)18(21)17-12-14-6-4-5-7-16(14)20(17)26(23,24)15-10-8-13(2)9-11-15/h4-12H,3H2,1-2H3. The summed E-state index contributed by atoms with van der Waals surface area (Å²) in [7, 11) is -4.08. The smallest absolute Gasteiger partial charge is 0.381 e. The van der Waals surface area contributed by atoms with E-state index < -0.39 is 21.8 Å². The summed E-state index contributed by atoms with van der Waals surface area (Å²) in [5.41, 5.74) is 0.982. The number of nitrogens with zero attached hydrogens (tertiary/aromatic N) is 1. The Bertz CT molecular complexity index is 1090. The van der Waals surface area contributed by atoms with Crippen LogP contribution in [0, 0.1) is 6.92 Å². The number of hydrogen-bond acceptors (Lipinski definition) is 5. The van der Waals surface area contributed by atoms with Gasteiger partial charge in [0.25, 0.3) is 15.8 Å². The Morgan fingerprint density at radius 1 is 1.04 bits per heavy atom. The minimum absolute atomic E-state index is 0.0233. The highest BCUT2D eigenvalue weighted by atomic mass is 32.2. The molecule has 7 heteroatoms. The molecule has 134 valence electrons. The van der Waals surface area contributed by atoms with Gasteiger partial charge in [-0.05, 0) is 38.1 Å². The highest BCUT2D eigenvalue weighted by molar-refractivity contribution is 7.90. The highest BCUT2D eigenvalue weighted by Crippen LogP contribution is 2.26. The van der Waals surface area contributed by atoms with E-state index in [4.69, 9.17) is 4.74 Å². The molecule has 26 heavy (non-hydrogen) atoms. The number of carbonyl (C=O) groups excluding carboxylic acids is 2. The second kappa shape index (κ2) is 6.76. The van der Waals surface area contributed by atoms with E-state index in [1.165, 1.54) is 18.2 Å². The van der Waals surface area contributed by atoms with Gasteiger partial charge in [0.2, 0.25) is 0 Å². The van der Waals surface area contributed by atoms with Crippen LogP contribution in [0.2, 0.25) is 0 Å². The Balaban J connectivity index is 2.27. The predicted octanol–water partition coefficient (Wildman–Crippen LogP) is 2.93. The first-order chi connectivity index (χ1) is 12.4. The molecule has 0 amide bonds. The van der Waals surface area contributed by atoms with E-state index in [2.05, 4.69) is 0 Å². The van der Waals surface area contributed by atoms with Gasteiger partial charge < -0.3 is 4.74 Å². The number of fused-ring (bicyclic) bond motifs is 1. The average molecular weight is 371 g/mol. The molecular formula is C19H17NO5S. The monoisotopic (exact) mass is 371 g/mol. The molecule has 0 unspecified atom stereocenters. The molecule has 0 aliphatic carbocycles. The molecule has 0 N–H and O–H groups in total. The summed E-state index contributed by atoms with van der Waals surface area (Å²) < 4.78 is 32.0. The summed E-state index contributed by atoms with van der Waals surface area (Å²) in [6.07, 6.45) is 0. The fourth-order valence-corrected chi connectivity index (χ4v) is 4.17. The number of ketones is 1. The molecular weight excluding hydrogens is 354 g/mol. The van der Waals surface area contributed by atoms with Crippen molar-refractivity contribution >= 4 is 32.7 Å². The number of aryl methyl sites for hydroxylation is 1. The third-order valence-electron chi connectivity index (χ3n) is 3.92. The Labute approximate surface area is 151 Å². The molecule has 0 atom stereocenters. The van der Waals surface area contributed by atoms with Crippen LogP contribution in [0.15, 0.2) is 59.5 Å². The van der Waals surface area contributed by atoms with Crippen LogP contribution < -0.4 is 0 Å². The Morgan fingerprint density at radius 3 is 2.35 bits per heavy atom. The molecule has 6 nitrogen and oxygen atoms in total. The van der Waals surface area contributed by atoms with Crippen molar-refractivity contribution in [2.45, 2.75) is 18.7 Å². The lowest BCUT2D eigenvalue weighted by Gasteiger charge is -2.11. The maximum atomic E-state index is 13.2. The molecule has 0 aliphatic heterocycles. The first-order valence-electron chi connectivity index (χ1n) is 8.00. The van der Waals surface area contributed by atoms with Crippen LogP contribution in [-0.2, 0) is 19.6 Å². The van der Waals surface area contributed by atoms with E-state index in [-0.39, 0.29) is 17.2 Å². The fourth-order valence-electron chi connectivity index (χ4n) is 2.66. The average Bonchev–Trinajstić information content (AvgIpc) is 3.02. The second-order valence-electron chi connectivity index (χ2n) is 5.72. The van der Waals surface area contributed by atoms with E-state index >= 15 is 0 Å². The predicted molar refractivity (Wildman–Crippen MR) is 96.7 cm³/mol. The zero-order valence-corrected chi connectivity index (χ0v) is 15.1. The molecule has 0 aliphatic rings. The first kappa shape index (κ1) is 17.9. The molecule has 0 fully saturated rings. The van der Waals surface area contributed by atoms with Gasteiger partial charge in [-0.25, -0.2) is 17.2 Å². The number of Topliss-reactive ketones (excluding diaryl/α,β-unsaturated/α-hetero) is 1. The maximum Gasteiger partial charge on any atom is 0.381 e. The Hall–Kier alpha value is -2.93. The molecule has 0 saturated carbocycles. The van der Waals surface area contributed by atoms with Crippen molar-refractivity contribution in [3.8, 4) is 0 Å². The molecule has 0 radical (unpaired) electrons. The van der Waals surface area contributed by atoms with E-state index in [1.807, 2.05) is 6.92 Å². The van der Waals surface area contributed by atoms with Crippen molar-refractivity contribution in [3.05, 3.63) is 65.9 Å². The molecule has 3 aromatic rings. The van der Waals surface area contributed by atoms with Crippen LogP contribution >= 0.6 is 0 Å². The minimum atomic E-state index is -4.08. The zero-order chi connectivity index (χ0) is 18.9. The maximum absolute atomic E-state index is 13.2. The number of benzene rings is 2. The summed E-state index contributed by atoms with van der Waals surface area (Å²) in [5, 5.41) is 0.538. The third-order valence-corrected chi connectivity index (χ3v) is 5.66. The zero-order valence-electron chi connectivity index (χ0n) is 14.3. The lowest BCUT2D eigenvalue weighted by molar-refractivity contribution is -0.137. The number of aromatic nitrogens is 1. The van der Waals surface area contributed by atoms with Gasteiger partial charge >= 0.3 is 5.97 Å². The van der Waals surface area contributed by atoms with Gasteiger partial charge in [-0.15, -0.1) is 0 Å². The van der Waals surface area contributed by atoms with E-state index in [1.54, 1.807) is 43.3 Å². The van der Waals surface area contributed by atoms with Gasteiger partial charge in [0.05, 0.1) is 17.0 Å². The lowest BCUT2D eigenvalue weighted by atomic mass is 10.2.